The molecule has 3 aromatic rings. The number of hydrogen-bond acceptors (Lipinski definition) is 9. The van der Waals surface area contributed by atoms with E-state index in [-0.39, 0.29) is 17.2 Å². The lowest BCUT2D eigenvalue weighted by Gasteiger charge is -2.15. The van der Waals surface area contributed by atoms with E-state index >= 15 is 0 Å². The molecule has 194 valence electrons. The van der Waals surface area contributed by atoms with Gasteiger partial charge in [-0.1, -0.05) is 0 Å². The van der Waals surface area contributed by atoms with Gasteiger partial charge in [-0.15, -0.1) is 0 Å². The molecule has 3 rings (SSSR count). The Kier molecular flexibility index (Phi) is 9.31. The molecule has 0 saturated carbocycles. The van der Waals surface area contributed by atoms with Gasteiger partial charge in [-0.05, 0) is 67.1 Å². The molecule has 37 heavy (non-hydrogen) atoms. The summed E-state index contributed by atoms with van der Waals surface area (Å²) in [5, 5.41) is 4.00. The fourth-order valence-electron chi connectivity index (χ4n) is 3.29. The molecule has 0 heterocycles. The first-order chi connectivity index (χ1) is 17.9. The lowest BCUT2D eigenvalue weighted by molar-refractivity contribution is 0.0727. The van der Waals surface area contributed by atoms with E-state index < -0.39 is 5.97 Å². The Balaban J connectivity index is 1.75. The second-order valence-electron chi connectivity index (χ2n) is 7.37. The molecule has 0 aliphatic heterocycles. The Morgan fingerprint density at radius 3 is 2.03 bits per heavy atom. The van der Waals surface area contributed by atoms with Gasteiger partial charge in [0.1, 0.15) is 5.75 Å². The third-order valence-corrected chi connectivity index (χ3v) is 5.10. The average Bonchev–Trinajstić information content (AvgIpc) is 2.93. The van der Waals surface area contributed by atoms with Gasteiger partial charge in [0.25, 0.3) is 5.91 Å². The summed E-state index contributed by atoms with van der Waals surface area (Å²) in [6, 6.07) is 14.5. The molecule has 0 aromatic heterocycles. The van der Waals surface area contributed by atoms with Crippen LogP contribution in [0.3, 0.4) is 0 Å². The Labute approximate surface area is 214 Å². The smallest absolute Gasteiger partial charge is 0.343 e. The van der Waals surface area contributed by atoms with Crippen LogP contribution < -0.4 is 33.8 Å². The van der Waals surface area contributed by atoms with Crippen molar-refractivity contribution in [1.82, 2.24) is 5.43 Å². The van der Waals surface area contributed by atoms with Crippen LogP contribution in [0.5, 0.6) is 34.5 Å². The average molecular weight is 509 g/mol. The Hall–Kier alpha value is -4.73. The van der Waals surface area contributed by atoms with Gasteiger partial charge in [0.15, 0.2) is 23.0 Å². The molecule has 0 spiro atoms. The molecule has 1 amide bonds. The molecule has 0 atom stereocenters. The van der Waals surface area contributed by atoms with Gasteiger partial charge in [-0.3, -0.25) is 4.79 Å². The van der Waals surface area contributed by atoms with Crippen molar-refractivity contribution in [3.05, 3.63) is 71.3 Å². The molecule has 0 aliphatic carbocycles. The zero-order chi connectivity index (χ0) is 26.8. The van der Waals surface area contributed by atoms with Gasteiger partial charge in [0, 0.05) is 5.56 Å². The van der Waals surface area contributed by atoms with Crippen molar-refractivity contribution in [2.24, 2.45) is 5.10 Å². The fourth-order valence-corrected chi connectivity index (χ4v) is 3.29. The number of hydrogen-bond donors (Lipinski definition) is 1. The number of ether oxygens (including phenoxy) is 6. The van der Waals surface area contributed by atoms with E-state index in [4.69, 9.17) is 28.4 Å². The molecule has 0 bridgehead atoms. The van der Waals surface area contributed by atoms with Crippen LogP contribution in [0.25, 0.3) is 0 Å². The van der Waals surface area contributed by atoms with Crippen LogP contribution in [0, 0.1) is 0 Å². The predicted octanol–water partition coefficient (Wildman–Crippen LogP) is 4.10. The standard InChI is InChI=1S/C27H28N2O8/c1-6-36-22-13-17(16-28-29-26(30)18-8-10-20(32-2)11-9-18)7-12-21(22)37-27(31)19-14-23(33-3)25(35-5)24(15-19)34-4/h7-16H,6H2,1-5H3,(H,29,30). The van der Waals surface area contributed by atoms with Gasteiger partial charge in [-0.2, -0.15) is 5.10 Å². The van der Waals surface area contributed by atoms with E-state index in [1.165, 1.54) is 39.7 Å². The normalized spacial score (nSPS) is 10.5. The van der Waals surface area contributed by atoms with Crippen LogP contribution >= 0.6 is 0 Å². The lowest BCUT2D eigenvalue weighted by atomic mass is 10.1. The number of nitrogens with one attached hydrogen (secondary N) is 1. The first kappa shape index (κ1) is 26.9. The molecule has 0 fully saturated rings. The molecular formula is C27H28N2O8. The molecular weight excluding hydrogens is 480 g/mol. The number of methoxy groups -OCH3 is 4. The number of carbonyl (C=O) groups is 2. The highest BCUT2D eigenvalue weighted by Gasteiger charge is 2.20. The minimum Gasteiger partial charge on any atom is -0.497 e. The summed E-state index contributed by atoms with van der Waals surface area (Å²) in [6.07, 6.45) is 1.45. The molecule has 10 heteroatoms. The molecule has 10 nitrogen and oxygen atoms in total. The van der Waals surface area contributed by atoms with Crippen molar-refractivity contribution in [2.75, 3.05) is 35.0 Å². The van der Waals surface area contributed by atoms with Crippen molar-refractivity contribution >= 4 is 18.1 Å². The van der Waals surface area contributed by atoms with E-state index in [0.29, 0.717) is 46.5 Å². The van der Waals surface area contributed by atoms with E-state index in [0.717, 1.165) is 0 Å². The summed E-state index contributed by atoms with van der Waals surface area (Å²) >= 11 is 0. The summed E-state index contributed by atoms with van der Waals surface area (Å²) in [5.41, 5.74) is 3.71. The molecule has 0 saturated heterocycles. The van der Waals surface area contributed by atoms with Crippen molar-refractivity contribution in [2.45, 2.75) is 6.92 Å². The maximum atomic E-state index is 12.9. The van der Waals surface area contributed by atoms with Crippen LogP contribution in [0.15, 0.2) is 59.7 Å². The maximum Gasteiger partial charge on any atom is 0.343 e. The molecule has 0 aliphatic rings. The van der Waals surface area contributed by atoms with E-state index in [2.05, 4.69) is 10.5 Å². The quantitative estimate of drug-likeness (QED) is 0.178. The second-order valence-corrected chi connectivity index (χ2v) is 7.37. The Bertz CT molecular complexity index is 1250. The van der Waals surface area contributed by atoms with Crippen LogP contribution in [-0.2, 0) is 0 Å². The number of nitrogens with zero attached hydrogens (tertiary/aromatic N) is 1. The van der Waals surface area contributed by atoms with Crippen molar-refractivity contribution in [1.29, 1.82) is 0 Å². The van der Waals surface area contributed by atoms with Crippen molar-refractivity contribution in [3.63, 3.8) is 0 Å². The highest BCUT2D eigenvalue weighted by atomic mass is 16.6. The van der Waals surface area contributed by atoms with Crippen LogP contribution in [-0.4, -0.2) is 53.1 Å². The zero-order valence-corrected chi connectivity index (χ0v) is 21.2. The maximum absolute atomic E-state index is 12.9. The highest BCUT2D eigenvalue weighted by molar-refractivity contribution is 5.95. The molecule has 1 N–H and O–H groups in total. The number of esters is 1. The fraction of sp³-hybridized carbons (Fsp3) is 0.222. The zero-order valence-electron chi connectivity index (χ0n) is 21.2. The van der Waals surface area contributed by atoms with Gasteiger partial charge < -0.3 is 28.4 Å². The van der Waals surface area contributed by atoms with Crippen molar-refractivity contribution in [3.8, 4) is 34.5 Å². The summed E-state index contributed by atoms with van der Waals surface area (Å²) in [5.74, 6) is 1.17. The van der Waals surface area contributed by atoms with Crippen LogP contribution in [0.4, 0.5) is 0 Å². The second kappa shape index (κ2) is 12.8. The van der Waals surface area contributed by atoms with Gasteiger partial charge in [0.2, 0.25) is 5.75 Å². The SMILES string of the molecule is CCOc1cc(C=NNC(=O)c2ccc(OC)cc2)ccc1OC(=O)c1cc(OC)c(OC)c(OC)c1. The number of rotatable bonds is 11. The molecule has 3 aromatic carbocycles. The number of benzene rings is 3. The Morgan fingerprint density at radius 1 is 0.784 bits per heavy atom. The summed E-state index contributed by atoms with van der Waals surface area (Å²) in [4.78, 5) is 25.2. The molecule has 0 radical (unpaired) electrons. The van der Waals surface area contributed by atoms with Gasteiger partial charge in [-0.25, -0.2) is 10.2 Å². The Morgan fingerprint density at radius 2 is 1.46 bits per heavy atom. The number of carbonyl (C=O) groups excluding carboxylic acids is 2. The van der Waals surface area contributed by atoms with E-state index in [1.807, 2.05) is 0 Å². The summed E-state index contributed by atoms with van der Waals surface area (Å²) in [6.45, 7) is 2.14. The van der Waals surface area contributed by atoms with Crippen molar-refractivity contribution < 1.29 is 38.0 Å². The third-order valence-electron chi connectivity index (χ3n) is 5.10. The van der Waals surface area contributed by atoms with Crippen LogP contribution in [0.1, 0.15) is 33.2 Å². The first-order valence-electron chi connectivity index (χ1n) is 11.2. The largest absolute Gasteiger partial charge is 0.497 e. The van der Waals surface area contributed by atoms with Gasteiger partial charge in [0.05, 0.1) is 46.8 Å². The van der Waals surface area contributed by atoms with Crippen LogP contribution in [0.2, 0.25) is 0 Å². The summed E-state index contributed by atoms with van der Waals surface area (Å²) in [7, 11) is 5.94. The molecule has 0 unspecified atom stereocenters. The third kappa shape index (κ3) is 6.69. The van der Waals surface area contributed by atoms with E-state index in [9.17, 15) is 9.59 Å². The summed E-state index contributed by atoms with van der Waals surface area (Å²) < 4.78 is 32.2. The van der Waals surface area contributed by atoms with E-state index in [1.54, 1.807) is 56.5 Å². The minimum absolute atomic E-state index is 0.198. The number of hydrazone groups is 1. The topological polar surface area (TPSA) is 114 Å². The minimum atomic E-state index is -0.645. The number of amides is 1. The lowest BCUT2D eigenvalue weighted by Crippen LogP contribution is -2.17. The highest BCUT2D eigenvalue weighted by Crippen LogP contribution is 2.39. The first-order valence-corrected chi connectivity index (χ1v) is 11.2. The monoisotopic (exact) mass is 508 g/mol. The predicted molar refractivity (Wildman–Crippen MR) is 137 cm³/mol. The van der Waals surface area contributed by atoms with Gasteiger partial charge >= 0.3 is 5.97 Å².